The fourth-order valence-electron chi connectivity index (χ4n) is 3.19. The number of rotatable bonds is 8. The maximum atomic E-state index is 13.1. The molecule has 0 bridgehead atoms. The number of benzene rings is 3. The molecule has 3 aromatic rings. The van der Waals surface area contributed by atoms with E-state index in [4.69, 9.17) is 0 Å². The van der Waals surface area contributed by atoms with Gasteiger partial charge in [-0.15, -0.1) is 0 Å². The number of carbonyl (C=O) groups excluding carboxylic acids is 2. The van der Waals surface area contributed by atoms with Crippen LogP contribution in [0.4, 0.5) is 15.8 Å². The van der Waals surface area contributed by atoms with Gasteiger partial charge in [0, 0.05) is 38.4 Å². The summed E-state index contributed by atoms with van der Waals surface area (Å²) in [6, 6.07) is 21.1. The van der Waals surface area contributed by atoms with Gasteiger partial charge in [0.1, 0.15) is 5.82 Å². The molecule has 0 spiro atoms. The van der Waals surface area contributed by atoms with Gasteiger partial charge in [-0.3, -0.25) is 9.59 Å². The summed E-state index contributed by atoms with van der Waals surface area (Å²) in [5.74, 6) is -0.701. The fourth-order valence-corrected chi connectivity index (χ4v) is 3.19. The number of amides is 2. The van der Waals surface area contributed by atoms with Crippen molar-refractivity contribution in [2.24, 2.45) is 0 Å². The highest BCUT2D eigenvalue weighted by Gasteiger charge is 2.15. The van der Waals surface area contributed by atoms with Crippen molar-refractivity contribution in [1.29, 1.82) is 0 Å². The van der Waals surface area contributed by atoms with Crippen LogP contribution < -0.4 is 15.5 Å². The van der Waals surface area contributed by atoms with E-state index in [9.17, 15) is 14.0 Å². The molecule has 0 fully saturated rings. The molecule has 160 valence electrons. The Hall–Kier alpha value is -3.67. The highest BCUT2D eigenvalue weighted by Crippen LogP contribution is 2.23. The van der Waals surface area contributed by atoms with Crippen molar-refractivity contribution in [2.45, 2.75) is 19.4 Å². The van der Waals surface area contributed by atoms with Gasteiger partial charge in [0.2, 0.25) is 5.91 Å². The fraction of sp³-hybridized carbons (Fsp3) is 0.200. The van der Waals surface area contributed by atoms with Gasteiger partial charge in [-0.1, -0.05) is 42.5 Å². The lowest BCUT2D eigenvalue weighted by molar-refractivity contribution is -0.116. The first-order chi connectivity index (χ1) is 14.9. The van der Waals surface area contributed by atoms with Crippen LogP contribution in [-0.2, 0) is 17.8 Å². The first-order valence-corrected chi connectivity index (χ1v) is 10.1. The highest BCUT2D eigenvalue weighted by molar-refractivity contribution is 6.02. The maximum Gasteiger partial charge on any atom is 0.253 e. The summed E-state index contributed by atoms with van der Waals surface area (Å²) in [4.78, 5) is 27.0. The molecule has 6 heteroatoms. The summed E-state index contributed by atoms with van der Waals surface area (Å²) in [6.45, 7) is 0.277. The van der Waals surface area contributed by atoms with E-state index in [1.807, 2.05) is 49.3 Å². The van der Waals surface area contributed by atoms with Crippen molar-refractivity contribution in [3.8, 4) is 0 Å². The molecule has 0 saturated carbocycles. The zero-order valence-electron chi connectivity index (χ0n) is 17.7. The Labute approximate surface area is 181 Å². The second-order valence-electron chi connectivity index (χ2n) is 7.47. The molecule has 0 aliphatic rings. The summed E-state index contributed by atoms with van der Waals surface area (Å²) < 4.78 is 13.1. The first kappa shape index (κ1) is 22.0. The predicted octanol–water partition coefficient (Wildman–Crippen LogP) is 4.39. The number of nitrogens with zero attached hydrogens (tertiary/aromatic N) is 1. The van der Waals surface area contributed by atoms with E-state index in [1.165, 1.54) is 12.1 Å². The number of nitrogens with one attached hydrogen (secondary N) is 2. The number of anilines is 2. The summed E-state index contributed by atoms with van der Waals surface area (Å²) in [5, 5.41) is 5.73. The lowest BCUT2D eigenvalue weighted by atomic mass is 10.1. The summed E-state index contributed by atoms with van der Waals surface area (Å²) in [6.07, 6.45) is 0.999. The van der Waals surface area contributed by atoms with Crippen LogP contribution in [0.1, 0.15) is 27.9 Å². The minimum Gasteiger partial charge on any atom is -0.377 e. The van der Waals surface area contributed by atoms with Crippen LogP contribution in [0.25, 0.3) is 0 Å². The summed E-state index contributed by atoms with van der Waals surface area (Å²) in [5.41, 5.74) is 3.65. The van der Waals surface area contributed by atoms with Gasteiger partial charge in [-0.25, -0.2) is 4.39 Å². The van der Waals surface area contributed by atoms with E-state index < -0.39 is 0 Å². The quantitative estimate of drug-likeness (QED) is 0.569. The zero-order valence-corrected chi connectivity index (χ0v) is 17.7. The largest absolute Gasteiger partial charge is 0.377 e. The molecule has 0 radical (unpaired) electrons. The average molecular weight is 420 g/mol. The van der Waals surface area contributed by atoms with Crippen LogP contribution >= 0.6 is 0 Å². The average Bonchev–Trinajstić information content (AvgIpc) is 2.77. The van der Waals surface area contributed by atoms with Gasteiger partial charge in [0.15, 0.2) is 0 Å². The SMILES string of the molecule is CN(C)c1ccc(NC(=O)CCc2ccccc2)cc1C(=O)NCc1ccc(F)cc1. The Balaban J connectivity index is 1.67. The Morgan fingerprint density at radius 3 is 2.29 bits per heavy atom. The van der Waals surface area contributed by atoms with Crippen molar-refractivity contribution in [3.05, 3.63) is 95.3 Å². The van der Waals surface area contributed by atoms with E-state index in [1.54, 1.807) is 30.3 Å². The van der Waals surface area contributed by atoms with Gasteiger partial charge < -0.3 is 15.5 Å². The molecule has 2 N–H and O–H groups in total. The first-order valence-electron chi connectivity index (χ1n) is 10.1. The number of hydrogen-bond acceptors (Lipinski definition) is 3. The van der Waals surface area contributed by atoms with Gasteiger partial charge in [0.05, 0.1) is 5.56 Å². The van der Waals surface area contributed by atoms with Gasteiger partial charge in [0.25, 0.3) is 5.91 Å². The van der Waals surface area contributed by atoms with Crippen LogP contribution in [0, 0.1) is 5.82 Å². The molecule has 3 rings (SSSR count). The van der Waals surface area contributed by atoms with E-state index >= 15 is 0 Å². The Morgan fingerprint density at radius 2 is 1.61 bits per heavy atom. The van der Waals surface area contributed by atoms with Crippen molar-refractivity contribution >= 4 is 23.2 Å². The molecule has 0 unspecified atom stereocenters. The molecule has 0 heterocycles. The van der Waals surface area contributed by atoms with E-state index in [0.717, 1.165) is 16.8 Å². The normalized spacial score (nSPS) is 10.4. The van der Waals surface area contributed by atoms with Crippen LogP contribution in [0.5, 0.6) is 0 Å². The Morgan fingerprint density at radius 1 is 0.903 bits per heavy atom. The summed E-state index contributed by atoms with van der Waals surface area (Å²) >= 11 is 0. The standard InChI is InChI=1S/C25H26FN3O2/c1-29(2)23-14-13-21(28-24(30)15-10-18-6-4-3-5-7-18)16-22(23)25(31)27-17-19-8-11-20(26)12-9-19/h3-9,11-14,16H,10,15,17H2,1-2H3,(H,27,31)(H,28,30). The lowest BCUT2D eigenvalue weighted by Gasteiger charge is -2.18. The molecular weight excluding hydrogens is 393 g/mol. The van der Waals surface area contributed by atoms with Gasteiger partial charge in [-0.2, -0.15) is 0 Å². The number of aryl methyl sites for hydroxylation is 1. The van der Waals surface area contributed by atoms with Crippen LogP contribution in [0.15, 0.2) is 72.8 Å². The Bertz CT molecular complexity index is 1030. The van der Waals surface area contributed by atoms with Crippen LogP contribution in [-0.4, -0.2) is 25.9 Å². The van der Waals surface area contributed by atoms with E-state index in [0.29, 0.717) is 24.1 Å². The molecule has 5 nitrogen and oxygen atoms in total. The summed E-state index contributed by atoms with van der Waals surface area (Å²) in [7, 11) is 3.70. The second-order valence-corrected chi connectivity index (χ2v) is 7.47. The topological polar surface area (TPSA) is 61.4 Å². The van der Waals surface area contributed by atoms with Crippen molar-refractivity contribution in [1.82, 2.24) is 5.32 Å². The van der Waals surface area contributed by atoms with Gasteiger partial charge >= 0.3 is 0 Å². The molecule has 31 heavy (non-hydrogen) atoms. The maximum absolute atomic E-state index is 13.1. The molecule has 0 aliphatic heterocycles. The zero-order chi connectivity index (χ0) is 22.2. The van der Waals surface area contributed by atoms with Crippen LogP contribution in [0.2, 0.25) is 0 Å². The molecule has 0 atom stereocenters. The third-order valence-electron chi connectivity index (χ3n) is 4.86. The molecule has 2 amide bonds. The third kappa shape index (κ3) is 6.40. The molecule has 0 saturated heterocycles. The third-order valence-corrected chi connectivity index (χ3v) is 4.86. The monoisotopic (exact) mass is 419 g/mol. The minimum absolute atomic E-state index is 0.112. The van der Waals surface area contributed by atoms with Crippen molar-refractivity contribution < 1.29 is 14.0 Å². The predicted molar refractivity (Wildman–Crippen MR) is 122 cm³/mol. The Kier molecular flexibility index (Phi) is 7.38. The van der Waals surface area contributed by atoms with E-state index in [-0.39, 0.29) is 24.2 Å². The molecule has 0 aliphatic carbocycles. The van der Waals surface area contributed by atoms with Gasteiger partial charge in [-0.05, 0) is 47.9 Å². The lowest BCUT2D eigenvalue weighted by Crippen LogP contribution is -2.25. The number of halogens is 1. The van der Waals surface area contributed by atoms with Crippen LogP contribution in [0.3, 0.4) is 0 Å². The smallest absolute Gasteiger partial charge is 0.253 e. The number of hydrogen-bond donors (Lipinski definition) is 2. The van der Waals surface area contributed by atoms with Crippen molar-refractivity contribution in [3.63, 3.8) is 0 Å². The molecule has 0 aromatic heterocycles. The minimum atomic E-state index is -0.319. The highest BCUT2D eigenvalue weighted by atomic mass is 19.1. The molecular formula is C25H26FN3O2. The second kappa shape index (κ2) is 10.4. The number of carbonyl (C=O) groups is 2. The van der Waals surface area contributed by atoms with E-state index in [2.05, 4.69) is 10.6 Å². The van der Waals surface area contributed by atoms with Crippen molar-refractivity contribution in [2.75, 3.05) is 24.3 Å². The molecule has 3 aromatic carbocycles.